The minimum absolute atomic E-state index is 0.0509. The van der Waals surface area contributed by atoms with E-state index in [-0.39, 0.29) is 18.5 Å². The molecule has 9 heteroatoms. The summed E-state index contributed by atoms with van der Waals surface area (Å²) in [6.07, 6.45) is 2.30. The van der Waals surface area contributed by atoms with Crippen molar-refractivity contribution in [1.82, 2.24) is 5.32 Å². The van der Waals surface area contributed by atoms with E-state index in [1.54, 1.807) is 24.3 Å². The molecular weight excluding hydrogens is 526 g/mol. The largest absolute Gasteiger partial charge is 0.490 e. The van der Waals surface area contributed by atoms with Gasteiger partial charge >= 0.3 is 12.1 Å². The van der Waals surface area contributed by atoms with Crippen molar-refractivity contribution in [3.63, 3.8) is 0 Å². The fourth-order valence-electron chi connectivity index (χ4n) is 4.67. The number of hydrogen-bond donors (Lipinski definition) is 2. The lowest BCUT2D eigenvalue weighted by molar-refractivity contribution is -0.138. The summed E-state index contributed by atoms with van der Waals surface area (Å²) in [5.41, 5.74) is 1.64. The molecule has 0 heterocycles. The van der Waals surface area contributed by atoms with E-state index in [0.717, 1.165) is 48.9 Å². The van der Waals surface area contributed by atoms with Crippen molar-refractivity contribution >= 4 is 11.9 Å². The van der Waals surface area contributed by atoms with Gasteiger partial charge in [-0.2, -0.15) is 13.2 Å². The Kier molecular flexibility index (Phi) is 10.9. The second-order valence-electron chi connectivity index (χ2n) is 9.96. The number of benzene rings is 2. The van der Waals surface area contributed by atoms with Crippen LogP contribution in [0.25, 0.3) is 11.1 Å². The standard InChI is InChI=1S/C31H35F4NO4/c1-3-4-5-6-7-28(26-14-10-22(19-27(26)32)30(39)36-17-16-29(37)38)40-24-13-15-25(20(2)18-24)21-8-11-23(12-9-21)31(33,34)35/h8-15,18-19,26-28H,3-7,16-17H2,1-2H3,(H,36,39)(H,37,38). The normalized spacial score (nSPS) is 17.7. The first-order valence-corrected chi connectivity index (χ1v) is 13.5. The minimum Gasteiger partial charge on any atom is -0.490 e. The predicted octanol–water partition coefficient (Wildman–Crippen LogP) is 7.44. The molecule has 2 aromatic rings. The Morgan fingerprint density at radius 3 is 2.40 bits per heavy atom. The molecule has 0 spiro atoms. The lowest BCUT2D eigenvalue weighted by atomic mass is 9.87. The van der Waals surface area contributed by atoms with E-state index in [0.29, 0.717) is 17.7 Å². The summed E-state index contributed by atoms with van der Waals surface area (Å²) < 4.78 is 60.5. The van der Waals surface area contributed by atoms with Gasteiger partial charge < -0.3 is 15.2 Å². The molecule has 0 aromatic heterocycles. The summed E-state index contributed by atoms with van der Waals surface area (Å²) in [4.78, 5) is 23.0. The van der Waals surface area contributed by atoms with Crippen LogP contribution in [-0.2, 0) is 15.8 Å². The van der Waals surface area contributed by atoms with Crippen LogP contribution in [0.15, 0.2) is 66.3 Å². The Balaban J connectivity index is 1.74. The number of carbonyl (C=O) groups is 2. The zero-order chi connectivity index (χ0) is 29.3. The topological polar surface area (TPSA) is 75.6 Å². The molecular formula is C31H35F4NO4. The highest BCUT2D eigenvalue weighted by molar-refractivity contribution is 5.96. The number of carboxylic acid groups (broad SMARTS) is 1. The van der Waals surface area contributed by atoms with Crippen LogP contribution in [0.4, 0.5) is 17.6 Å². The number of carbonyl (C=O) groups excluding carboxylic acids is 1. The number of halogens is 4. The van der Waals surface area contributed by atoms with Gasteiger partial charge in [0.2, 0.25) is 0 Å². The number of allylic oxidation sites excluding steroid dienone is 1. The molecule has 216 valence electrons. The molecule has 0 aliphatic heterocycles. The third-order valence-corrected chi connectivity index (χ3v) is 6.87. The SMILES string of the molecule is CCCCCCC(Oc1ccc(-c2ccc(C(F)(F)F)cc2)c(C)c1)C1C=CC(C(=O)NCCC(=O)O)=CC1F. The van der Waals surface area contributed by atoms with E-state index < -0.39 is 41.8 Å². The molecule has 5 nitrogen and oxygen atoms in total. The lowest BCUT2D eigenvalue weighted by Crippen LogP contribution is -2.35. The number of aliphatic carboxylic acids is 1. The number of unbranched alkanes of at least 4 members (excludes halogenated alkanes) is 3. The molecule has 3 unspecified atom stereocenters. The number of rotatable bonds is 13. The van der Waals surface area contributed by atoms with E-state index in [9.17, 15) is 22.8 Å². The van der Waals surface area contributed by atoms with Crippen LogP contribution in [0.5, 0.6) is 5.75 Å². The number of alkyl halides is 4. The van der Waals surface area contributed by atoms with Crippen LogP contribution in [0.2, 0.25) is 0 Å². The molecule has 0 saturated carbocycles. The first-order chi connectivity index (χ1) is 19.0. The zero-order valence-corrected chi connectivity index (χ0v) is 22.6. The summed E-state index contributed by atoms with van der Waals surface area (Å²) in [6, 6.07) is 10.3. The van der Waals surface area contributed by atoms with Crippen LogP contribution in [0, 0.1) is 12.8 Å². The van der Waals surface area contributed by atoms with Gasteiger partial charge in [0.25, 0.3) is 5.91 Å². The van der Waals surface area contributed by atoms with Crippen molar-refractivity contribution < 1.29 is 37.0 Å². The van der Waals surface area contributed by atoms with E-state index in [1.807, 2.05) is 6.92 Å². The zero-order valence-electron chi connectivity index (χ0n) is 22.6. The Hall–Kier alpha value is -3.62. The van der Waals surface area contributed by atoms with E-state index in [2.05, 4.69) is 12.2 Å². The van der Waals surface area contributed by atoms with Crippen LogP contribution in [0.3, 0.4) is 0 Å². The number of amides is 1. The highest BCUT2D eigenvalue weighted by Gasteiger charge is 2.32. The van der Waals surface area contributed by atoms with E-state index >= 15 is 4.39 Å². The molecule has 2 aromatic carbocycles. The number of aryl methyl sites for hydroxylation is 1. The van der Waals surface area contributed by atoms with Crippen LogP contribution < -0.4 is 10.1 Å². The van der Waals surface area contributed by atoms with Crippen LogP contribution in [0.1, 0.15) is 56.6 Å². The molecule has 1 aliphatic rings. The first-order valence-electron chi connectivity index (χ1n) is 13.5. The van der Waals surface area contributed by atoms with E-state index in [4.69, 9.17) is 9.84 Å². The van der Waals surface area contributed by atoms with Crippen LogP contribution >= 0.6 is 0 Å². The van der Waals surface area contributed by atoms with Gasteiger partial charge in [-0.15, -0.1) is 0 Å². The van der Waals surface area contributed by atoms with Crippen molar-refractivity contribution in [3.05, 3.63) is 77.4 Å². The van der Waals surface area contributed by atoms with Gasteiger partial charge in [0, 0.05) is 18.0 Å². The quantitative estimate of drug-likeness (QED) is 0.197. The predicted molar refractivity (Wildman–Crippen MR) is 146 cm³/mol. The molecule has 1 aliphatic carbocycles. The molecule has 0 radical (unpaired) electrons. The first kappa shape index (κ1) is 30.9. The van der Waals surface area contributed by atoms with Gasteiger partial charge in [-0.3, -0.25) is 9.59 Å². The molecule has 2 N–H and O–H groups in total. The second kappa shape index (κ2) is 14.1. The Labute approximate surface area is 231 Å². The van der Waals surface area contributed by atoms with Crippen molar-refractivity contribution in [2.45, 2.75) is 70.8 Å². The lowest BCUT2D eigenvalue weighted by Gasteiger charge is -2.30. The summed E-state index contributed by atoms with van der Waals surface area (Å²) in [7, 11) is 0. The maximum atomic E-state index is 15.4. The van der Waals surface area contributed by atoms with Gasteiger partial charge in [-0.1, -0.05) is 56.5 Å². The van der Waals surface area contributed by atoms with Crippen molar-refractivity contribution in [1.29, 1.82) is 0 Å². The maximum Gasteiger partial charge on any atom is 0.416 e. The summed E-state index contributed by atoms with van der Waals surface area (Å²) in [5, 5.41) is 11.2. The number of carboxylic acids is 1. The molecule has 40 heavy (non-hydrogen) atoms. The molecule has 0 saturated heterocycles. The molecule has 1 amide bonds. The number of ether oxygens (including phenoxy) is 1. The molecule has 0 fully saturated rings. The second-order valence-corrected chi connectivity index (χ2v) is 9.96. The van der Waals surface area contributed by atoms with Crippen LogP contribution in [-0.4, -0.2) is 35.8 Å². The smallest absolute Gasteiger partial charge is 0.416 e. The Morgan fingerprint density at radius 1 is 1.07 bits per heavy atom. The van der Waals surface area contributed by atoms with Gasteiger partial charge in [0.1, 0.15) is 18.0 Å². The maximum absolute atomic E-state index is 15.4. The summed E-state index contributed by atoms with van der Waals surface area (Å²) >= 11 is 0. The summed E-state index contributed by atoms with van der Waals surface area (Å²) in [6.45, 7) is 3.89. The van der Waals surface area contributed by atoms with Crippen molar-refractivity contribution in [2.24, 2.45) is 5.92 Å². The monoisotopic (exact) mass is 561 g/mol. The van der Waals surface area contributed by atoms with Gasteiger partial charge in [-0.25, -0.2) is 4.39 Å². The average Bonchev–Trinajstić information content (AvgIpc) is 2.90. The number of hydrogen-bond acceptors (Lipinski definition) is 3. The third-order valence-electron chi connectivity index (χ3n) is 6.87. The fourth-order valence-corrected chi connectivity index (χ4v) is 4.67. The average molecular weight is 562 g/mol. The molecule has 0 bridgehead atoms. The molecule has 3 rings (SSSR count). The van der Waals surface area contributed by atoms with Gasteiger partial charge in [0.05, 0.1) is 12.0 Å². The Morgan fingerprint density at radius 2 is 1.80 bits per heavy atom. The van der Waals surface area contributed by atoms with Gasteiger partial charge in [0.15, 0.2) is 0 Å². The van der Waals surface area contributed by atoms with Crippen molar-refractivity contribution in [2.75, 3.05) is 6.54 Å². The highest BCUT2D eigenvalue weighted by atomic mass is 19.4. The molecule has 3 atom stereocenters. The van der Waals surface area contributed by atoms with E-state index in [1.165, 1.54) is 24.3 Å². The van der Waals surface area contributed by atoms with Gasteiger partial charge in [-0.05, 0) is 66.8 Å². The highest BCUT2D eigenvalue weighted by Crippen LogP contribution is 2.34. The number of nitrogens with one attached hydrogen (secondary N) is 1. The Bertz CT molecular complexity index is 1220. The minimum atomic E-state index is -4.40. The fraction of sp³-hybridized carbons (Fsp3) is 0.419. The van der Waals surface area contributed by atoms with Crippen molar-refractivity contribution in [3.8, 4) is 16.9 Å². The third kappa shape index (κ3) is 8.69. The summed E-state index contributed by atoms with van der Waals surface area (Å²) in [5.74, 6) is -1.68.